The van der Waals surface area contributed by atoms with Crippen LogP contribution in [0.3, 0.4) is 0 Å². The molecule has 0 aliphatic heterocycles. The molecule has 2 nitrogen and oxygen atoms in total. The van der Waals surface area contributed by atoms with Gasteiger partial charge in [-0.1, -0.05) is 48.5 Å². The third kappa shape index (κ3) is 3.69. The molecule has 0 saturated heterocycles. The van der Waals surface area contributed by atoms with E-state index in [0.29, 0.717) is 13.2 Å². The largest absolute Gasteiger partial charge is 0.377 e. The van der Waals surface area contributed by atoms with Crippen LogP contribution in [0.15, 0.2) is 48.5 Å². The minimum absolute atomic E-state index is 0.648. The first kappa shape index (κ1) is 14.8. The summed E-state index contributed by atoms with van der Waals surface area (Å²) in [6.07, 6.45) is 0. The zero-order valence-corrected chi connectivity index (χ0v) is 12.3. The van der Waals surface area contributed by atoms with Gasteiger partial charge in [-0.25, -0.2) is 0 Å². The molecule has 0 saturated carbocycles. The highest BCUT2D eigenvalue weighted by atomic mass is 16.5. The summed E-state index contributed by atoms with van der Waals surface area (Å²) in [6, 6.07) is 16.8. The normalized spacial score (nSPS) is 10.7. The van der Waals surface area contributed by atoms with Crippen molar-refractivity contribution in [1.29, 1.82) is 0 Å². The van der Waals surface area contributed by atoms with Crippen molar-refractivity contribution in [2.45, 2.75) is 27.1 Å². The van der Waals surface area contributed by atoms with Gasteiger partial charge in [0, 0.05) is 13.2 Å². The average Bonchev–Trinajstić information content (AvgIpc) is 2.51. The molecule has 0 aliphatic carbocycles. The molecule has 0 fully saturated rings. The third-order valence-corrected chi connectivity index (χ3v) is 3.25. The van der Waals surface area contributed by atoms with Crippen molar-refractivity contribution in [3.05, 3.63) is 59.7 Å². The smallest absolute Gasteiger partial charge is 0.0722 e. The first-order chi connectivity index (χ1) is 9.86. The summed E-state index contributed by atoms with van der Waals surface area (Å²) in [7, 11) is 0. The molecule has 2 aromatic carbocycles. The quantitative estimate of drug-likeness (QED) is 0.741. The number of hydrogen-bond acceptors (Lipinski definition) is 2. The summed E-state index contributed by atoms with van der Waals surface area (Å²) in [5.41, 5.74) is 4.91. The topological polar surface area (TPSA) is 18.5 Å². The molecule has 20 heavy (non-hydrogen) atoms. The van der Waals surface area contributed by atoms with Gasteiger partial charge in [0.1, 0.15) is 0 Å². The van der Waals surface area contributed by atoms with E-state index < -0.39 is 0 Å². The van der Waals surface area contributed by atoms with E-state index >= 15 is 0 Å². The van der Waals surface area contributed by atoms with Crippen LogP contribution < -0.4 is 0 Å². The van der Waals surface area contributed by atoms with Gasteiger partial charge in [0.05, 0.1) is 13.2 Å². The molecular weight excluding hydrogens is 248 g/mol. The van der Waals surface area contributed by atoms with E-state index in [9.17, 15) is 0 Å². The molecule has 2 aromatic rings. The summed E-state index contributed by atoms with van der Waals surface area (Å²) in [4.78, 5) is 0. The fraction of sp³-hybridized carbons (Fsp3) is 0.333. The third-order valence-electron chi connectivity index (χ3n) is 3.25. The van der Waals surface area contributed by atoms with Gasteiger partial charge >= 0.3 is 0 Å². The van der Waals surface area contributed by atoms with E-state index in [2.05, 4.69) is 48.5 Å². The Morgan fingerprint density at radius 3 is 1.45 bits per heavy atom. The van der Waals surface area contributed by atoms with Crippen LogP contribution in [0.25, 0.3) is 11.1 Å². The fourth-order valence-corrected chi connectivity index (χ4v) is 2.24. The minimum Gasteiger partial charge on any atom is -0.377 e. The summed E-state index contributed by atoms with van der Waals surface area (Å²) >= 11 is 0. The molecule has 0 aliphatic rings. The van der Waals surface area contributed by atoms with Gasteiger partial charge < -0.3 is 9.47 Å². The van der Waals surface area contributed by atoms with Crippen molar-refractivity contribution in [1.82, 2.24) is 0 Å². The van der Waals surface area contributed by atoms with Crippen LogP contribution in [0.2, 0.25) is 0 Å². The monoisotopic (exact) mass is 270 g/mol. The van der Waals surface area contributed by atoms with Crippen LogP contribution in [-0.2, 0) is 22.7 Å². The molecule has 2 heteroatoms. The molecule has 0 N–H and O–H groups in total. The van der Waals surface area contributed by atoms with E-state index in [1.54, 1.807) is 0 Å². The first-order valence-electron chi connectivity index (χ1n) is 7.18. The lowest BCUT2D eigenvalue weighted by molar-refractivity contribution is 0.133. The Bertz CT molecular complexity index is 485. The van der Waals surface area contributed by atoms with E-state index in [1.807, 2.05) is 13.8 Å². The maximum Gasteiger partial charge on any atom is 0.0722 e. The maximum atomic E-state index is 5.57. The molecule has 106 valence electrons. The molecule has 0 amide bonds. The number of rotatable bonds is 7. The van der Waals surface area contributed by atoms with E-state index in [0.717, 1.165) is 13.2 Å². The SMILES string of the molecule is CCOCc1ccccc1-c1ccccc1COCC. The van der Waals surface area contributed by atoms with Gasteiger partial charge in [-0.2, -0.15) is 0 Å². The standard InChI is InChI=1S/C18H22O2/c1-3-19-13-15-9-5-7-11-17(15)18-12-8-6-10-16(18)14-20-4-2/h5-12H,3-4,13-14H2,1-2H3. The van der Waals surface area contributed by atoms with Crippen molar-refractivity contribution < 1.29 is 9.47 Å². The van der Waals surface area contributed by atoms with Crippen LogP contribution in [0.1, 0.15) is 25.0 Å². The van der Waals surface area contributed by atoms with Crippen LogP contribution in [-0.4, -0.2) is 13.2 Å². The second kappa shape index (κ2) is 7.83. The number of hydrogen-bond donors (Lipinski definition) is 0. The predicted octanol–water partition coefficient (Wildman–Crippen LogP) is 4.43. The lowest BCUT2D eigenvalue weighted by Gasteiger charge is -2.14. The highest BCUT2D eigenvalue weighted by Gasteiger charge is 2.08. The van der Waals surface area contributed by atoms with E-state index in [-0.39, 0.29) is 0 Å². The Morgan fingerprint density at radius 2 is 1.05 bits per heavy atom. The highest BCUT2D eigenvalue weighted by Crippen LogP contribution is 2.28. The van der Waals surface area contributed by atoms with Crippen molar-refractivity contribution in [2.75, 3.05) is 13.2 Å². The number of ether oxygens (including phenoxy) is 2. The summed E-state index contributed by atoms with van der Waals surface area (Å²) in [5.74, 6) is 0. The molecule has 0 bridgehead atoms. The van der Waals surface area contributed by atoms with Crippen LogP contribution >= 0.6 is 0 Å². The molecule has 0 radical (unpaired) electrons. The predicted molar refractivity (Wildman–Crippen MR) is 82.5 cm³/mol. The van der Waals surface area contributed by atoms with Gasteiger partial charge in [-0.15, -0.1) is 0 Å². The first-order valence-corrected chi connectivity index (χ1v) is 7.18. The molecule has 0 spiro atoms. The zero-order valence-electron chi connectivity index (χ0n) is 12.3. The summed E-state index contributed by atoms with van der Waals surface area (Å²) < 4.78 is 11.1. The highest BCUT2D eigenvalue weighted by molar-refractivity contribution is 5.70. The van der Waals surface area contributed by atoms with Gasteiger partial charge in [0.25, 0.3) is 0 Å². The zero-order chi connectivity index (χ0) is 14.2. The molecule has 0 aromatic heterocycles. The Balaban J connectivity index is 2.35. The van der Waals surface area contributed by atoms with Crippen molar-refractivity contribution >= 4 is 0 Å². The van der Waals surface area contributed by atoms with Crippen LogP contribution in [0, 0.1) is 0 Å². The summed E-state index contributed by atoms with van der Waals surface area (Å²) in [6.45, 7) is 6.80. The van der Waals surface area contributed by atoms with Gasteiger partial charge in [-0.05, 0) is 36.1 Å². The van der Waals surface area contributed by atoms with E-state index in [1.165, 1.54) is 22.3 Å². The van der Waals surface area contributed by atoms with Gasteiger partial charge in [0.2, 0.25) is 0 Å². The lowest BCUT2D eigenvalue weighted by atomic mass is 9.96. The molecule has 2 rings (SSSR count). The number of benzene rings is 2. The molecular formula is C18H22O2. The van der Waals surface area contributed by atoms with Crippen molar-refractivity contribution in [3.63, 3.8) is 0 Å². The second-order valence-electron chi connectivity index (χ2n) is 4.59. The van der Waals surface area contributed by atoms with Crippen LogP contribution in [0.4, 0.5) is 0 Å². The minimum atomic E-state index is 0.648. The second-order valence-corrected chi connectivity index (χ2v) is 4.59. The van der Waals surface area contributed by atoms with Crippen molar-refractivity contribution in [3.8, 4) is 11.1 Å². The van der Waals surface area contributed by atoms with Gasteiger partial charge in [0.15, 0.2) is 0 Å². The van der Waals surface area contributed by atoms with Crippen molar-refractivity contribution in [2.24, 2.45) is 0 Å². The Kier molecular flexibility index (Phi) is 5.78. The average molecular weight is 270 g/mol. The molecule has 0 atom stereocenters. The Morgan fingerprint density at radius 1 is 0.650 bits per heavy atom. The Labute approximate surface area is 121 Å². The molecule has 0 heterocycles. The Hall–Kier alpha value is -1.64. The fourth-order valence-electron chi connectivity index (χ4n) is 2.24. The van der Waals surface area contributed by atoms with E-state index in [4.69, 9.17) is 9.47 Å². The molecule has 0 unspecified atom stereocenters. The maximum absolute atomic E-state index is 5.57. The van der Waals surface area contributed by atoms with Crippen LogP contribution in [0.5, 0.6) is 0 Å². The summed E-state index contributed by atoms with van der Waals surface area (Å²) in [5, 5.41) is 0. The van der Waals surface area contributed by atoms with Gasteiger partial charge in [-0.3, -0.25) is 0 Å². The lowest BCUT2D eigenvalue weighted by Crippen LogP contribution is -1.99.